The normalized spacial score (nSPS) is 16.6. The van der Waals surface area contributed by atoms with E-state index in [9.17, 15) is 26.3 Å². The maximum Gasteiger partial charge on any atom is 0.416 e. The molecule has 25 heavy (non-hydrogen) atoms. The molecule has 0 bridgehead atoms. The molecular formula is C14H14F6IN2OS-. The lowest BCUT2D eigenvalue weighted by molar-refractivity contribution is -0.143. The van der Waals surface area contributed by atoms with E-state index in [0.717, 1.165) is 11.8 Å². The van der Waals surface area contributed by atoms with E-state index >= 15 is 0 Å². The van der Waals surface area contributed by atoms with Crippen molar-refractivity contribution in [2.24, 2.45) is 4.99 Å². The van der Waals surface area contributed by atoms with Gasteiger partial charge in [-0.1, -0.05) is 11.8 Å². The van der Waals surface area contributed by atoms with Gasteiger partial charge in [-0.3, -0.25) is 0 Å². The Hall–Kier alpha value is -0.690. The van der Waals surface area contributed by atoms with Gasteiger partial charge < -0.3 is 33.6 Å². The van der Waals surface area contributed by atoms with Gasteiger partial charge in [-0.05, 0) is 24.5 Å². The molecule has 0 unspecified atom stereocenters. The summed E-state index contributed by atoms with van der Waals surface area (Å²) in [5, 5.41) is 0.353. The van der Waals surface area contributed by atoms with Crippen LogP contribution in [0.25, 0.3) is 0 Å². The highest BCUT2D eigenvalue weighted by Crippen LogP contribution is 2.38. The molecule has 0 aromatic heterocycles. The molecule has 11 heteroatoms. The van der Waals surface area contributed by atoms with Crippen molar-refractivity contribution in [3.63, 3.8) is 0 Å². The van der Waals surface area contributed by atoms with Gasteiger partial charge in [-0.25, -0.2) is 4.99 Å². The Bertz CT molecular complexity index is 582. The van der Waals surface area contributed by atoms with Crippen LogP contribution in [0.1, 0.15) is 11.1 Å². The van der Waals surface area contributed by atoms with Crippen LogP contribution < -0.4 is 24.0 Å². The summed E-state index contributed by atoms with van der Waals surface area (Å²) >= 11 is 1.16. The molecule has 0 atom stereocenters. The summed E-state index contributed by atoms with van der Waals surface area (Å²) in [6, 6.07) is 1.32. The second kappa shape index (κ2) is 8.80. The SMILES string of the molecule is CSC(=Nc1cc(C(F)(F)F)cc(C(F)(F)F)c1)N1CCOCC1.[I-]. The maximum absolute atomic E-state index is 12.9. The summed E-state index contributed by atoms with van der Waals surface area (Å²) in [5.74, 6) is 0. The standard InChI is InChI=1S/C14H14F6N2OS.HI/c1-24-12(22-2-4-23-5-3-22)21-11-7-9(13(15,16)17)6-10(8-11)14(18,19)20;/h6-8H,2-5H2,1H3;1H/p-1. The number of ether oxygens (including phenoxy) is 1. The summed E-state index contributed by atoms with van der Waals surface area (Å²) in [5.41, 5.74) is -3.13. The van der Waals surface area contributed by atoms with Crippen molar-refractivity contribution in [1.29, 1.82) is 0 Å². The highest BCUT2D eigenvalue weighted by molar-refractivity contribution is 8.13. The fourth-order valence-corrected chi connectivity index (χ4v) is 2.75. The molecule has 2 rings (SSSR count). The van der Waals surface area contributed by atoms with E-state index < -0.39 is 23.5 Å². The minimum absolute atomic E-state index is 0. The predicted octanol–water partition coefficient (Wildman–Crippen LogP) is 1.41. The van der Waals surface area contributed by atoms with Gasteiger partial charge in [-0.2, -0.15) is 26.3 Å². The average molecular weight is 499 g/mol. The van der Waals surface area contributed by atoms with E-state index in [0.29, 0.717) is 43.6 Å². The molecule has 0 amide bonds. The van der Waals surface area contributed by atoms with Gasteiger partial charge >= 0.3 is 12.4 Å². The van der Waals surface area contributed by atoms with Crippen LogP contribution in [0.4, 0.5) is 32.0 Å². The Morgan fingerprint density at radius 3 is 1.88 bits per heavy atom. The molecule has 1 aliphatic rings. The van der Waals surface area contributed by atoms with Crippen LogP contribution >= 0.6 is 11.8 Å². The number of amidine groups is 1. The quantitative estimate of drug-likeness (QED) is 0.253. The number of thioether (sulfide) groups is 1. The zero-order valence-electron chi connectivity index (χ0n) is 12.9. The van der Waals surface area contributed by atoms with E-state index in [4.69, 9.17) is 4.74 Å². The highest BCUT2D eigenvalue weighted by Gasteiger charge is 2.37. The minimum atomic E-state index is -4.88. The van der Waals surface area contributed by atoms with E-state index in [1.54, 1.807) is 11.2 Å². The fraction of sp³-hybridized carbons (Fsp3) is 0.500. The molecule has 1 aromatic rings. The summed E-state index contributed by atoms with van der Waals surface area (Å²) in [7, 11) is 0. The number of hydrogen-bond acceptors (Lipinski definition) is 3. The fourth-order valence-electron chi connectivity index (χ4n) is 2.11. The van der Waals surface area contributed by atoms with Gasteiger partial charge in [0.25, 0.3) is 0 Å². The number of benzene rings is 1. The first-order valence-corrected chi connectivity index (χ1v) is 8.08. The third-order valence-electron chi connectivity index (χ3n) is 3.26. The smallest absolute Gasteiger partial charge is 0.416 e. The Kier molecular flexibility index (Phi) is 7.87. The van der Waals surface area contributed by atoms with Crippen molar-refractivity contribution in [1.82, 2.24) is 4.90 Å². The third-order valence-corrected chi connectivity index (χ3v) is 3.98. The van der Waals surface area contributed by atoms with E-state index in [1.807, 2.05) is 0 Å². The molecule has 0 saturated carbocycles. The number of rotatable bonds is 1. The zero-order valence-corrected chi connectivity index (χ0v) is 15.9. The molecule has 0 N–H and O–H groups in total. The maximum atomic E-state index is 12.9. The van der Waals surface area contributed by atoms with Crippen molar-refractivity contribution in [3.8, 4) is 0 Å². The predicted molar refractivity (Wildman–Crippen MR) is 79.4 cm³/mol. The Labute approximate surface area is 161 Å². The van der Waals surface area contributed by atoms with Crippen LogP contribution in [0.2, 0.25) is 0 Å². The van der Waals surface area contributed by atoms with E-state index in [2.05, 4.69) is 4.99 Å². The second-order valence-corrected chi connectivity index (χ2v) is 5.74. The van der Waals surface area contributed by atoms with Gasteiger partial charge in [-0.15, -0.1) is 0 Å². The molecule has 1 aliphatic heterocycles. The summed E-state index contributed by atoms with van der Waals surface area (Å²) in [4.78, 5) is 5.76. The van der Waals surface area contributed by atoms with Crippen LogP contribution in [0, 0.1) is 0 Å². The lowest BCUT2D eigenvalue weighted by atomic mass is 10.1. The molecule has 0 radical (unpaired) electrons. The summed E-state index contributed by atoms with van der Waals surface area (Å²) in [6.45, 7) is 1.81. The van der Waals surface area contributed by atoms with Crippen molar-refractivity contribution in [2.45, 2.75) is 12.4 Å². The van der Waals surface area contributed by atoms with Gasteiger partial charge in [0.1, 0.15) is 0 Å². The molecule has 1 heterocycles. The van der Waals surface area contributed by atoms with Crippen LogP contribution in [-0.4, -0.2) is 42.6 Å². The van der Waals surface area contributed by atoms with Gasteiger partial charge in [0.15, 0.2) is 5.17 Å². The number of hydrogen-bond donors (Lipinski definition) is 0. The molecule has 1 fully saturated rings. The van der Waals surface area contributed by atoms with Gasteiger partial charge in [0.05, 0.1) is 30.0 Å². The van der Waals surface area contributed by atoms with Crippen molar-refractivity contribution in [2.75, 3.05) is 32.6 Å². The summed E-state index contributed by atoms with van der Waals surface area (Å²) < 4.78 is 82.3. The molecule has 1 saturated heterocycles. The van der Waals surface area contributed by atoms with Crippen molar-refractivity contribution < 1.29 is 55.1 Å². The van der Waals surface area contributed by atoms with Crippen LogP contribution in [0.3, 0.4) is 0 Å². The van der Waals surface area contributed by atoms with E-state index in [1.165, 1.54) is 0 Å². The molecule has 142 valence electrons. The second-order valence-electron chi connectivity index (χ2n) is 4.96. The Morgan fingerprint density at radius 1 is 1.00 bits per heavy atom. The first-order chi connectivity index (χ1) is 11.1. The number of aliphatic imine (C=N–C) groups is 1. The highest BCUT2D eigenvalue weighted by atomic mass is 127. The van der Waals surface area contributed by atoms with Crippen LogP contribution in [-0.2, 0) is 17.1 Å². The lowest BCUT2D eigenvalue weighted by Gasteiger charge is -2.28. The molecular weight excluding hydrogens is 485 g/mol. The largest absolute Gasteiger partial charge is 1.00 e. The topological polar surface area (TPSA) is 24.8 Å². The van der Waals surface area contributed by atoms with Crippen LogP contribution in [0.5, 0.6) is 0 Å². The molecule has 0 aliphatic carbocycles. The first kappa shape index (κ1) is 22.4. The molecule has 0 spiro atoms. The Balaban J connectivity index is 0.00000312. The minimum Gasteiger partial charge on any atom is -1.00 e. The first-order valence-electron chi connectivity index (χ1n) is 6.86. The number of halogens is 7. The molecule has 3 nitrogen and oxygen atoms in total. The van der Waals surface area contributed by atoms with Gasteiger partial charge in [0, 0.05) is 13.1 Å². The van der Waals surface area contributed by atoms with Crippen LogP contribution in [0.15, 0.2) is 23.2 Å². The number of alkyl halides is 6. The Morgan fingerprint density at radius 2 is 1.48 bits per heavy atom. The molecule has 1 aromatic carbocycles. The van der Waals surface area contributed by atoms with Crippen molar-refractivity contribution >= 4 is 22.6 Å². The zero-order chi connectivity index (χ0) is 18.0. The van der Waals surface area contributed by atoms with Gasteiger partial charge in [0.2, 0.25) is 0 Å². The summed E-state index contributed by atoms with van der Waals surface area (Å²) in [6.07, 6.45) is -8.11. The van der Waals surface area contributed by atoms with E-state index in [-0.39, 0.29) is 35.7 Å². The third kappa shape index (κ3) is 6.20. The number of nitrogens with zero attached hydrogens (tertiary/aromatic N) is 2. The monoisotopic (exact) mass is 499 g/mol. The lowest BCUT2D eigenvalue weighted by Crippen LogP contribution is -3.00. The van der Waals surface area contributed by atoms with Crippen molar-refractivity contribution in [3.05, 3.63) is 29.3 Å². The average Bonchev–Trinajstić information content (AvgIpc) is 2.51. The number of morpholine rings is 1.